The van der Waals surface area contributed by atoms with Crippen LogP contribution in [-0.4, -0.2) is 23.6 Å². The lowest BCUT2D eigenvalue weighted by Gasteiger charge is -2.31. The summed E-state index contributed by atoms with van der Waals surface area (Å²) < 4.78 is 32.8. The number of halogens is 2. The van der Waals surface area contributed by atoms with Crippen molar-refractivity contribution in [2.45, 2.75) is 19.1 Å². The predicted octanol–water partition coefficient (Wildman–Crippen LogP) is 3.59. The highest BCUT2D eigenvalue weighted by Crippen LogP contribution is 2.36. The summed E-state index contributed by atoms with van der Waals surface area (Å²) in [7, 11) is 0. The van der Waals surface area contributed by atoms with Crippen LogP contribution in [0.1, 0.15) is 23.2 Å². The lowest BCUT2D eigenvalue weighted by atomic mass is 10.0. The van der Waals surface area contributed by atoms with Gasteiger partial charge in [0.2, 0.25) is 0 Å². The third kappa shape index (κ3) is 1.96. The molecule has 5 heteroatoms. The number of amides is 1. The van der Waals surface area contributed by atoms with E-state index >= 15 is 0 Å². The number of benzene rings is 2. The summed E-state index contributed by atoms with van der Waals surface area (Å²) in [6.45, 7) is 0.679. The van der Waals surface area contributed by atoms with Crippen LogP contribution in [0, 0.1) is 11.6 Å². The number of hydrogen-bond donors (Lipinski definition) is 0. The predicted molar refractivity (Wildman–Crippen MR) is 76.5 cm³/mol. The Morgan fingerprint density at radius 3 is 2.77 bits per heavy atom. The van der Waals surface area contributed by atoms with Gasteiger partial charge in [-0.1, -0.05) is 6.07 Å². The monoisotopic (exact) mass is 301 g/mol. The number of carbonyl (C=O) groups is 1. The van der Waals surface area contributed by atoms with Gasteiger partial charge in [0.15, 0.2) is 6.23 Å². The van der Waals surface area contributed by atoms with Crippen molar-refractivity contribution in [1.82, 2.24) is 4.90 Å². The molecule has 0 bridgehead atoms. The molecule has 2 aromatic rings. The summed E-state index contributed by atoms with van der Waals surface area (Å²) >= 11 is 0. The fraction of sp³-hybridized carbons (Fsp3) is 0.235. The van der Waals surface area contributed by atoms with Crippen molar-refractivity contribution < 1.29 is 18.3 Å². The molecule has 2 aromatic carbocycles. The van der Waals surface area contributed by atoms with Crippen molar-refractivity contribution in [2.75, 3.05) is 6.54 Å². The number of fused-ring (bicyclic) bond motifs is 2. The van der Waals surface area contributed by atoms with Gasteiger partial charge in [-0.15, -0.1) is 0 Å². The molecular weight excluding hydrogens is 288 g/mol. The van der Waals surface area contributed by atoms with E-state index in [9.17, 15) is 13.6 Å². The van der Waals surface area contributed by atoms with E-state index in [0.717, 1.165) is 18.9 Å². The van der Waals surface area contributed by atoms with Gasteiger partial charge in [-0.3, -0.25) is 4.79 Å². The highest BCUT2D eigenvalue weighted by Gasteiger charge is 2.37. The molecule has 2 heterocycles. The molecule has 0 saturated carbocycles. The van der Waals surface area contributed by atoms with Crippen LogP contribution in [0.4, 0.5) is 8.78 Å². The molecule has 0 aliphatic carbocycles. The normalized spacial score (nSPS) is 19.6. The Hall–Kier alpha value is -2.43. The SMILES string of the molecule is O=C1c2cc(-c3ccc(F)cc3F)ccc2OC2CCCN12. The Labute approximate surface area is 126 Å². The van der Waals surface area contributed by atoms with Crippen LogP contribution in [0.5, 0.6) is 5.75 Å². The zero-order valence-corrected chi connectivity index (χ0v) is 11.7. The van der Waals surface area contributed by atoms with Gasteiger partial charge in [-0.05, 0) is 36.2 Å². The molecule has 22 heavy (non-hydrogen) atoms. The van der Waals surface area contributed by atoms with E-state index in [2.05, 4.69) is 0 Å². The summed E-state index contributed by atoms with van der Waals surface area (Å²) in [4.78, 5) is 14.2. The highest BCUT2D eigenvalue weighted by molar-refractivity contribution is 5.99. The average molecular weight is 301 g/mol. The number of carbonyl (C=O) groups excluding carboxylic acids is 1. The number of rotatable bonds is 1. The largest absolute Gasteiger partial charge is 0.470 e. The summed E-state index contributed by atoms with van der Waals surface area (Å²) in [5.41, 5.74) is 1.23. The van der Waals surface area contributed by atoms with Crippen molar-refractivity contribution in [1.29, 1.82) is 0 Å². The second-order valence-corrected chi connectivity index (χ2v) is 5.55. The standard InChI is InChI=1S/C17H13F2NO2/c18-11-4-5-12(14(19)9-11)10-3-6-15-13(8-10)17(21)20-7-1-2-16(20)22-15/h3-6,8-9,16H,1-2,7H2. The molecule has 112 valence electrons. The number of ether oxygens (including phenoxy) is 1. The van der Waals surface area contributed by atoms with Crippen LogP contribution in [0.25, 0.3) is 11.1 Å². The smallest absolute Gasteiger partial charge is 0.260 e. The topological polar surface area (TPSA) is 29.5 Å². The van der Waals surface area contributed by atoms with E-state index in [4.69, 9.17) is 4.74 Å². The zero-order valence-electron chi connectivity index (χ0n) is 11.7. The Morgan fingerprint density at radius 1 is 1.09 bits per heavy atom. The average Bonchev–Trinajstić information content (AvgIpc) is 2.96. The van der Waals surface area contributed by atoms with Gasteiger partial charge < -0.3 is 9.64 Å². The molecule has 1 unspecified atom stereocenters. The first-order valence-electron chi connectivity index (χ1n) is 7.20. The Morgan fingerprint density at radius 2 is 1.95 bits per heavy atom. The van der Waals surface area contributed by atoms with Crippen molar-refractivity contribution >= 4 is 5.91 Å². The number of nitrogens with zero attached hydrogens (tertiary/aromatic N) is 1. The third-order valence-electron chi connectivity index (χ3n) is 4.17. The van der Waals surface area contributed by atoms with Gasteiger partial charge in [-0.2, -0.15) is 0 Å². The Bertz CT molecular complexity index is 775. The molecule has 2 aliphatic heterocycles. The maximum absolute atomic E-state index is 13.9. The van der Waals surface area contributed by atoms with Crippen molar-refractivity contribution in [3.63, 3.8) is 0 Å². The summed E-state index contributed by atoms with van der Waals surface area (Å²) in [6.07, 6.45) is 1.57. The minimum absolute atomic E-state index is 0.0897. The molecule has 3 nitrogen and oxygen atoms in total. The third-order valence-corrected chi connectivity index (χ3v) is 4.17. The maximum Gasteiger partial charge on any atom is 0.260 e. The van der Waals surface area contributed by atoms with Crippen LogP contribution in [0.3, 0.4) is 0 Å². The van der Waals surface area contributed by atoms with Gasteiger partial charge in [0.25, 0.3) is 5.91 Å². The minimum atomic E-state index is -0.650. The Balaban J connectivity index is 1.79. The lowest BCUT2D eigenvalue weighted by molar-refractivity contribution is 0.0294. The summed E-state index contributed by atoms with van der Waals surface area (Å²) in [5.74, 6) is -0.839. The highest BCUT2D eigenvalue weighted by atomic mass is 19.1. The van der Waals surface area contributed by atoms with E-state index in [1.165, 1.54) is 12.1 Å². The second-order valence-electron chi connectivity index (χ2n) is 5.55. The van der Waals surface area contributed by atoms with Crippen LogP contribution < -0.4 is 4.74 Å². The van der Waals surface area contributed by atoms with E-state index in [-0.39, 0.29) is 17.7 Å². The molecule has 1 amide bonds. The number of hydrogen-bond acceptors (Lipinski definition) is 2. The molecule has 0 spiro atoms. The van der Waals surface area contributed by atoms with E-state index < -0.39 is 11.6 Å². The Kier molecular flexibility index (Phi) is 2.89. The van der Waals surface area contributed by atoms with Crippen LogP contribution in [0.15, 0.2) is 36.4 Å². The second kappa shape index (κ2) is 4.80. The van der Waals surface area contributed by atoms with E-state index in [1.54, 1.807) is 23.1 Å². The van der Waals surface area contributed by atoms with Gasteiger partial charge in [0.1, 0.15) is 17.4 Å². The van der Waals surface area contributed by atoms with Crippen LogP contribution in [0.2, 0.25) is 0 Å². The first-order chi connectivity index (χ1) is 10.6. The molecule has 4 rings (SSSR count). The maximum atomic E-state index is 13.9. The molecule has 0 N–H and O–H groups in total. The van der Waals surface area contributed by atoms with Crippen LogP contribution in [-0.2, 0) is 0 Å². The van der Waals surface area contributed by atoms with Gasteiger partial charge in [0, 0.05) is 24.6 Å². The molecule has 1 saturated heterocycles. The molecule has 0 aromatic heterocycles. The fourth-order valence-electron chi connectivity index (χ4n) is 3.08. The molecule has 0 radical (unpaired) electrons. The van der Waals surface area contributed by atoms with Gasteiger partial charge in [0.05, 0.1) is 5.56 Å². The zero-order chi connectivity index (χ0) is 15.3. The van der Waals surface area contributed by atoms with Crippen molar-refractivity contribution in [3.8, 4) is 16.9 Å². The quantitative estimate of drug-likeness (QED) is 0.805. The first-order valence-corrected chi connectivity index (χ1v) is 7.20. The summed E-state index contributed by atoms with van der Waals surface area (Å²) in [5, 5.41) is 0. The van der Waals surface area contributed by atoms with Crippen molar-refractivity contribution in [3.05, 3.63) is 53.6 Å². The van der Waals surface area contributed by atoms with E-state index in [0.29, 0.717) is 23.4 Å². The first kappa shape index (κ1) is 13.2. The molecular formula is C17H13F2NO2. The van der Waals surface area contributed by atoms with Crippen LogP contribution >= 0.6 is 0 Å². The van der Waals surface area contributed by atoms with Gasteiger partial charge >= 0.3 is 0 Å². The molecule has 1 fully saturated rings. The molecule has 1 atom stereocenters. The fourth-order valence-corrected chi connectivity index (χ4v) is 3.08. The summed E-state index contributed by atoms with van der Waals surface area (Å²) in [6, 6.07) is 8.39. The van der Waals surface area contributed by atoms with Crippen molar-refractivity contribution in [2.24, 2.45) is 0 Å². The van der Waals surface area contributed by atoms with Gasteiger partial charge in [-0.25, -0.2) is 8.78 Å². The minimum Gasteiger partial charge on any atom is -0.470 e. The van der Waals surface area contributed by atoms with E-state index in [1.807, 2.05) is 0 Å². The lowest BCUT2D eigenvalue weighted by Crippen LogP contribution is -2.42. The molecule has 2 aliphatic rings.